The molecule has 2 aromatic heterocycles. The zero-order valence-electron chi connectivity index (χ0n) is 9.81. The minimum atomic E-state index is -0.0392. The first-order chi connectivity index (χ1) is 8.20. The van der Waals surface area contributed by atoms with Gasteiger partial charge in [-0.2, -0.15) is 5.10 Å². The highest BCUT2D eigenvalue weighted by Crippen LogP contribution is 2.38. The molecule has 0 aliphatic heterocycles. The van der Waals surface area contributed by atoms with Crippen molar-refractivity contribution in [2.75, 3.05) is 0 Å². The average Bonchev–Trinajstić information content (AvgIpc) is 3.01. The van der Waals surface area contributed by atoms with Crippen LogP contribution >= 0.6 is 11.3 Å². The van der Waals surface area contributed by atoms with E-state index in [4.69, 9.17) is 5.73 Å². The third kappa shape index (κ3) is 1.70. The number of aromatic nitrogens is 3. The maximum atomic E-state index is 6.19. The third-order valence-corrected chi connectivity index (χ3v) is 4.66. The molecule has 0 bridgehead atoms. The van der Waals surface area contributed by atoms with E-state index in [0.29, 0.717) is 0 Å². The van der Waals surface area contributed by atoms with Gasteiger partial charge in [0.2, 0.25) is 0 Å². The van der Waals surface area contributed by atoms with E-state index in [2.05, 4.69) is 22.1 Å². The number of hydrogen-bond donors (Lipinski definition) is 2. The number of aromatic amines is 1. The van der Waals surface area contributed by atoms with Crippen LogP contribution in [0.4, 0.5) is 0 Å². The molecular formula is C12H16N4S. The Morgan fingerprint density at radius 2 is 2.47 bits per heavy atom. The van der Waals surface area contributed by atoms with Crippen LogP contribution in [-0.2, 0) is 5.41 Å². The van der Waals surface area contributed by atoms with Crippen molar-refractivity contribution >= 4 is 11.3 Å². The highest BCUT2D eigenvalue weighted by molar-refractivity contribution is 7.13. The van der Waals surface area contributed by atoms with Crippen LogP contribution in [0.15, 0.2) is 17.5 Å². The summed E-state index contributed by atoms with van der Waals surface area (Å²) in [6.07, 6.45) is 3.34. The van der Waals surface area contributed by atoms with E-state index in [1.54, 1.807) is 11.3 Å². The second-order valence-corrected chi connectivity index (χ2v) is 5.85. The van der Waals surface area contributed by atoms with Crippen LogP contribution in [0.1, 0.15) is 32.0 Å². The molecule has 3 N–H and O–H groups in total. The Labute approximate surface area is 104 Å². The number of rotatable bonds is 2. The summed E-state index contributed by atoms with van der Waals surface area (Å²) in [5, 5.41) is 9.41. The van der Waals surface area contributed by atoms with Crippen molar-refractivity contribution in [3.63, 3.8) is 0 Å². The Morgan fingerprint density at radius 1 is 1.59 bits per heavy atom. The van der Waals surface area contributed by atoms with E-state index >= 15 is 0 Å². The SMILES string of the molecule is CC1(c2nc(-c3cccs3)n[nH]2)CCCC1N. The maximum Gasteiger partial charge on any atom is 0.191 e. The van der Waals surface area contributed by atoms with Gasteiger partial charge < -0.3 is 5.73 Å². The fourth-order valence-electron chi connectivity index (χ4n) is 2.52. The number of hydrogen-bond acceptors (Lipinski definition) is 4. The summed E-state index contributed by atoms with van der Waals surface area (Å²) in [5.41, 5.74) is 6.15. The molecule has 5 heteroatoms. The lowest BCUT2D eigenvalue weighted by atomic mass is 9.84. The van der Waals surface area contributed by atoms with Crippen molar-refractivity contribution in [1.29, 1.82) is 0 Å². The largest absolute Gasteiger partial charge is 0.327 e. The summed E-state index contributed by atoms with van der Waals surface area (Å²) in [7, 11) is 0. The van der Waals surface area contributed by atoms with Gasteiger partial charge in [0.1, 0.15) is 5.82 Å². The summed E-state index contributed by atoms with van der Waals surface area (Å²) in [6, 6.07) is 4.24. The smallest absolute Gasteiger partial charge is 0.191 e. The molecule has 0 spiro atoms. The molecule has 2 atom stereocenters. The molecule has 1 fully saturated rings. The Kier molecular flexibility index (Phi) is 2.52. The minimum absolute atomic E-state index is 0.0392. The molecule has 0 radical (unpaired) electrons. The molecule has 2 unspecified atom stereocenters. The second kappa shape index (κ2) is 3.92. The van der Waals surface area contributed by atoms with E-state index in [1.807, 2.05) is 17.5 Å². The summed E-state index contributed by atoms with van der Waals surface area (Å²) in [6.45, 7) is 2.18. The van der Waals surface area contributed by atoms with Gasteiger partial charge >= 0.3 is 0 Å². The number of thiophene rings is 1. The van der Waals surface area contributed by atoms with Crippen LogP contribution in [0.5, 0.6) is 0 Å². The molecule has 2 aromatic rings. The zero-order valence-corrected chi connectivity index (χ0v) is 10.6. The van der Waals surface area contributed by atoms with E-state index < -0.39 is 0 Å². The van der Waals surface area contributed by atoms with Crippen LogP contribution in [-0.4, -0.2) is 21.2 Å². The van der Waals surface area contributed by atoms with Crippen LogP contribution in [0.25, 0.3) is 10.7 Å². The molecule has 2 heterocycles. The standard InChI is InChI=1S/C12H16N4S/c1-12(6-2-5-9(12)13)11-14-10(15-16-11)8-4-3-7-17-8/h3-4,7,9H,2,5-6,13H2,1H3,(H,14,15,16). The lowest BCUT2D eigenvalue weighted by Gasteiger charge is -2.25. The minimum Gasteiger partial charge on any atom is -0.327 e. The number of H-pyrrole nitrogens is 1. The van der Waals surface area contributed by atoms with E-state index in [9.17, 15) is 0 Å². The van der Waals surface area contributed by atoms with E-state index in [0.717, 1.165) is 29.4 Å². The Bertz CT molecular complexity index is 504. The molecule has 0 saturated heterocycles. The van der Waals surface area contributed by atoms with Gasteiger partial charge in [0.25, 0.3) is 0 Å². The van der Waals surface area contributed by atoms with Crippen molar-refractivity contribution in [2.24, 2.45) is 5.73 Å². The lowest BCUT2D eigenvalue weighted by Crippen LogP contribution is -2.39. The van der Waals surface area contributed by atoms with Gasteiger partial charge in [-0.3, -0.25) is 5.10 Å². The summed E-state index contributed by atoms with van der Waals surface area (Å²) in [5.74, 6) is 1.72. The first-order valence-electron chi connectivity index (χ1n) is 5.92. The average molecular weight is 248 g/mol. The number of nitrogens with one attached hydrogen (secondary N) is 1. The Balaban J connectivity index is 1.95. The van der Waals surface area contributed by atoms with Crippen LogP contribution in [0, 0.1) is 0 Å². The van der Waals surface area contributed by atoms with Gasteiger partial charge in [-0.15, -0.1) is 11.3 Å². The zero-order chi connectivity index (χ0) is 11.9. The summed E-state index contributed by atoms with van der Waals surface area (Å²) >= 11 is 1.66. The van der Waals surface area contributed by atoms with Crippen LogP contribution in [0.3, 0.4) is 0 Å². The fourth-order valence-corrected chi connectivity index (χ4v) is 3.18. The normalized spacial score (nSPS) is 28.7. The number of nitrogens with zero attached hydrogens (tertiary/aromatic N) is 2. The van der Waals surface area contributed by atoms with Gasteiger partial charge in [-0.05, 0) is 24.3 Å². The Hall–Kier alpha value is -1.20. The van der Waals surface area contributed by atoms with Gasteiger partial charge in [0.15, 0.2) is 5.82 Å². The highest BCUT2D eigenvalue weighted by Gasteiger charge is 2.40. The number of nitrogens with two attached hydrogens (primary N) is 1. The molecule has 17 heavy (non-hydrogen) atoms. The second-order valence-electron chi connectivity index (χ2n) is 4.90. The van der Waals surface area contributed by atoms with Crippen molar-refractivity contribution in [3.8, 4) is 10.7 Å². The molecule has 0 amide bonds. The third-order valence-electron chi connectivity index (χ3n) is 3.80. The molecule has 1 saturated carbocycles. The molecule has 4 nitrogen and oxygen atoms in total. The topological polar surface area (TPSA) is 67.6 Å². The van der Waals surface area contributed by atoms with Crippen molar-refractivity contribution in [3.05, 3.63) is 23.3 Å². The summed E-state index contributed by atoms with van der Waals surface area (Å²) in [4.78, 5) is 5.72. The van der Waals surface area contributed by atoms with Crippen molar-refractivity contribution in [1.82, 2.24) is 15.2 Å². The van der Waals surface area contributed by atoms with Gasteiger partial charge in [-0.1, -0.05) is 19.4 Å². The predicted molar refractivity (Wildman–Crippen MR) is 68.9 cm³/mol. The molecular weight excluding hydrogens is 232 g/mol. The van der Waals surface area contributed by atoms with Crippen LogP contribution in [0.2, 0.25) is 0 Å². The predicted octanol–water partition coefficient (Wildman–Crippen LogP) is 2.30. The Morgan fingerprint density at radius 3 is 3.12 bits per heavy atom. The van der Waals surface area contributed by atoms with Crippen LogP contribution < -0.4 is 5.73 Å². The molecule has 0 aromatic carbocycles. The van der Waals surface area contributed by atoms with Gasteiger partial charge in [-0.25, -0.2) is 4.98 Å². The molecule has 3 rings (SSSR count). The van der Waals surface area contributed by atoms with E-state index in [1.165, 1.54) is 6.42 Å². The first-order valence-corrected chi connectivity index (χ1v) is 6.80. The fraction of sp³-hybridized carbons (Fsp3) is 0.500. The monoisotopic (exact) mass is 248 g/mol. The highest BCUT2D eigenvalue weighted by atomic mass is 32.1. The molecule has 90 valence electrons. The van der Waals surface area contributed by atoms with Gasteiger partial charge in [0, 0.05) is 11.5 Å². The van der Waals surface area contributed by atoms with Crippen molar-refractivity contribution in [2.45, 2.75) is 37.6 Å². The van der Waals surface area contributed by atoms with E-state index in [-0.39, 0.29) is 11.5 Å². The first kappa shape index (κ1) is 10.9. The molecule has 1 aliphatic rings. The quantitative estimate of drug-likeness (QED) is 0.857. The molecule has 1 aliphatic carbocycles. The van der Waals surface area contributed by atoms with Crippen molar-refractivity contribution < 1.29 is 0 Å². The van der Waals surface area contributed by atoms with Gasteiger partial charge in [0.05, 0.1) is 4.88 Å². The lowest BCUT2D eigenvalue weighted by molar-refractivity contribution is 0.406. The maximum absolute atomic E-state index is 6.19. The summed E-state index contributed by atoms with van der Waals surface area (Å²) < 4.78 is 0.